The first-order valence-corrected chi connectivity index (χ1v) is 5.48. The van der Waals surface area contributed by atoms with Crippen molar-refractivity contribution in [3.8, 4) is 5.75 Å². The Morgan fingerprint density at radius 3 is 2.53 bits per heavy atom. The van der Waals surface area contributed by atoms with E-state index in [9.17, 15) is 13.2 Å². The van der Waals surface area contributed by atoms with Crippen molar-refractivity contribution in [2.45, 2.75) is 32.0 Å². The van der Waals surface area contributed by atoms with E-state index in [0.29, 0.717) is 12.2 Å². The van der Waals surface area contributed by atoms with E-state index >= 15 is 0 Å². The van der Waals surface area contributed by atoms with Crippen LogP contribution in [0, 0.1) is 0 Å². The summed E-state index contributed by atoms with van der Waals surface area (Å²) in [7, 11) is 0. The maximum absolute atomic E-state index is 12.0. The van der Waals surface area contributed by atoms with Crippen molar-refractivity contribution in [3.63, 3.8) is 0 Å². The largest absolute Gasteiger partial charge is 0.493 e. The van der Waals surface area contributed by atoms with E-state index in [1.165, 1.54) is 0 Å². The predicted molar refractivity (Wildman–Crippen MR) is 59.8 cm³/mol. The van der Waals surface area contributed by atoms with E-state index < -0.39 is 12.6 Å². The molecule has 1 unspecified atom stereocenters. The first-order valence-electron chi connectivity index (χ1n) is 5.48. The second kappa shape index (κ2) is 5.91. The van der Waals surface area contributed by atoms with Crippen molar-refractivity contribution in [1.29, 1.82) is 0 Å². The average molecular weight is 247 g/mol. The van der Waals surface area contributed by atoms with Gasteiger partial charge in [-0.05, 0) is 12.5 Å². The third-order valence-electron chi connectivity index (χ3n) is 2.40. The van der Waals surface area contributed by atoms with Crippen molar-refractivity contribution in [2.24, 2.45) is 5.73 Å². The summed E-state index contributed by atoms with van der Waals surface area (Å²) in [6.07, 6.45) is -4.44. The second-order valence-corrected chi connectivity index (χ2v) is 3.77. The van der Waals surface area contributed by atoms with Crippen LogP contribution in [0.5, 0.6) is 5.75 Å². The van der Waals surface area contributed by atoms with Gasteiger partial charge in [0.1, 0.15) is 5.75 Å². The minimum atomic E-state index is -4.19. The third kappa shape index (κ3) is 4.65. The minimum Gasteiger partial charge on any atom is -0.493 e. The standard InChI is InChI=1S/C12H16F3NO/c1-2-10(16)9-5-3-4-6-11(9)17-8-7-12(13,14)15/h3-6,10H,2,7-8,16H2,1H3. The van der Waals surface area contributed by atoms with Gasteiger partial charge >= 0.3 is 6.18 Å². The molecule has 1 atom stereocenters. The molecule has 0 saturated heterocycles. The van der Waals surface area contributed by atoms with E-state index in [-0.39, 0.29) is 12.6 Å². The van der Waals surface area contributed by atoms with Crippen molar-refractivity contribution in [2.75, 3.05) is 6.61 Å². The molecule has 0 saturated carbocycles. The highest BCUT2D eigenvalue weighted by Gasteiger charge is 2.27. The number of rotatable bonds is 5. The number of halogens is 3. The maximum atomic E-state index is 12.0. The van der Waals surface area contributed by atoms with Gasteiger partial charge in [-0.2, -0.15) is 13.2 Å². The molecule has 0 aliphatic heterocycles. The van der Waals surface area contributed by atoms with Crippen LogP contribution < -0.4 is 10.5 Å². The molecule has 2 nitrogen and oxygen atoms in total. The monoisotopic (exact) mass is 247 g/mol. The van der Waals surface area contributed by atoms with Crippen LogP contribution in [0.25, 0.3) is 0 Å². The summed E-state index contributed by atoms with van der Waals surface area (Å²) < 4.78 is 41.1. The lowest BCUT2D eigenvalue weighted by Gasteiger charge is -2.16. The van der Waals surface area contributed by atoms with Crippen LogP contribution >= 0.6 is 0 Å². The van der Waals surface area contributed by atoms with E-state index in [4.69, 9.17) is 10.5 Å². The molecule has 1 rings (SSSR count). The van der Waals surface area contributed by atoms with Crippen LogP contribution in [0.3, 0.4) is 0 Å². The number of nitrogens with two attached hydrogens (primary N) is 1. The molecule has 0 bridgehead atoms. The Hall–Kier alpha value is -1.23. The molecule has 0 aliphatic rings. The zero-order valence-corrected chi connectivity index (χ0v) is 9.63. The number of benzene rings is 1. The van der Waals surface area contributed by atoms with Gasteiger partial charge < -0.3 is 10.5 Å². The molecular weight excluding hydrogens is 231 g/mol. The fourth-order valence-electron chi connectivity index (χ4n) is 1.41. The zero-order valence-electron chi connectivity index (χ0n) is 9.63. The lowest BCUT2D eigenvalue weighted by molar-refractivity contribution is -0.139. The van der Waals surface area contributed by atoms with Gasteiger partial charge in [0.05, 0.1) is 13.0 Å². The first kappa shape index (κ1) is 13.8. The third-order valence-corrected chi connectivity index (χ3v) is 2.40. The Morgan fingerprint density at radius 1 is 1.29 bits per heavy atom. The molecule has 0 aromatic heterocycles. The van der Waals surface area contributed by atoms with E-state index in [2.05, 4.69) is 0 Å². The van der Waals surface area contributed by atoms with Gasteiger partial charge in [-0.1, -0.05) is 25.1 Å². The first-order chi connectivity index (χ1) is 7.94. The van der Waals surface area contributed by atoms with Gasteiger partial charge in [-0.25, -0.2) is 0 Å². The van der Waals surface area contributed by atoms with Crippen LogP contribution in [-0.4, -0.2) is 12.8 Å². The molecule has 0 heterocycles. The average Bonchev–Trinajstić information content (AvgIpc) is 2.27. The molecule has 1 aromatic rings. The van der Waals surface area contributed by atoms with Gasteiger partial charge in [0.15, 0.2) is 0 Å². The number of para-hydroxylation sites is 1. The lowest BCUT2D eigenvalue weighted by atomic mass is 10.0. The normalized spacial score (nSPS) is 13.5. The van der Waals surface area contributed by atoms with Crippen molar-refractivity contribution < 1.29 is 17.9 Å². The fourth-order valence-corrected chi connectivity index (χ4v) is 1.41. The van der Waals surface area contributed by atoms with Crippen LogP contribution in [-0.2, 0) is 0 Å². The van der Waals surface area contributed by atoms with Gasteiger partial charge in [-0.3, -0.25) is 0 Å². The minimum absolute atomic E-state index is 0.211. The zero-order chi connectivity index (χ0) is 12.9. The highest BCUT2D eigenvalue weighted by molar-refractivity contribution is 5.35. The van der Waals surface area contributed by atoms with Crippen molar-refractivity contribution in [3.05, 3.63) is 29.8 Å². The van der Waals surface area contributed by atoms with Gasteiger partial charge in [-0.15, -0.1) is 0 Å². The number of hydrogen-bond acceptors (Lipinski definition) is 2. The van der Waals surface area contributed by atoms with Crippen LogP contribution in [0.1, 0.15) is 31.4 Å². The molecule has 17 heavy (non-hydrogen) atoms. The quantitative estimate of drug-likeness (QED) is 0.865. The molecule has 0 fully saturated rings. The summed E-state index contributed by atoms with van der Waals surface area (Å²) in [5.74, 6) is 0.436. The highest BCUT2D eigenvalue weighted by Crippen LogP contribution is 2.26. The Balaban J connectivity index is 2.64. The smallest absolute Gasteiger partial charge is 0.392 e. The van der Waals surface area contributed by atoms with E-state index in [1.807, 2.05) is 6.92 Å². The topological polar surface area (TPSA) is 35.2 Å². The molecule has 0 amide bonds. The molecule has 2 N–H and O–H groups in total. The summed E-state index contributed by atoms with van der Waals surface area (Å²) >= 11 is 0. The molecule has 5 heteroatoms. The van der Waals surface area contributed by atoms with Gasteiger partial charge in [0, 0.05) is 11.6 Å². The predicted octanol–water partition coefficient (Wildman–Crippen LogP) is 3.43. The molecule has 0 radical (unpaired) electrons. The van der Waals surface area contributed by atoms with Crippen LogP contribution in [0.15, 0.2) is 24.3 Å². The maximum Gasteiger partial charge on any atom is 0.392 e. The Morgan fingerprint density at radius 2 is 1.94 bits per heavy atom. The molecule has 0 spiro atoms. The molecule has 96 valence electrons. The fraction of sp³-hybridized carbons (Fsp3) is 0.500. The van der Waals surface area contributed by atoms with Crippen molar-refractivity contribution in [1.82, 2.24) is 0 Å². The second-order valence-electron chi connectivity index (χ2n) is 3.77. The van der Waals surface area contributed by atoms with Crippen LogP contribution in [0.2, 0.25) is 0 Å². The van der Waals surface area contributed by atoms with Crippen molar-refractivity contribution >= 4 is 0 Å². The SMILES string of the molecule is CCC(N)c1ccccc1OCCC(F)(F)F. The molecule has 1 aromatic carbocycles. The summed E-state index contributed by atoms with van der Waals surface area (Å²) in [6.45, 7) is 1.54. The van der Waals surface area contributed by atoms with Crippen LogP contribution in [0.4, 0.5) is 13.2 Å². The number of hydrogen-bond donors (Lipinski definition) is 1. The Labute approximate surface area is 98.6 Å². The molecule has 0 aliphatic carbocycles. The van der Waals surface area contributed by atoms with Gasteiger partial charge in [0.25, 0.3) is 0 Å². The Bertz CT molecular complexity index is 352. The number of alkyl halides is 3. The highest BCUT2D eigenvalue weighted by atomic mass is 19.4. The summed E-state index contributed by atoms with van der Waals surface area (Å²) in [5.41, 5.74) is 6.60. The van der Waals surface area contributed by atoms with Gasteiger partial charge in [0.2, 0.25) is 0 Å². The summed E-state index contributed by atoms with van der Waals surface area (Å²) in [6, 6.07) is 6.71. The Kier molecular flexibility index (Phi) is 4.81. The van der Waals surface area contributed by atoms with E-state index in [0.717, 1.165) is 5.56 Å². The summed E-state index contributed by atoms with van der Waals surface area (Å²) in [4.78, 5) is 0. The van der Waals surface area contributed by atoms with E-state index in [1.54, 1.807) is 24.3 Å². The summed E-state index contributed by atoms with van der Waals surface area (Å²) in [5, 5.41) is 0. The number of ether oxygens (including phenoxy) is 1. The molecular formula is C12H16F3NO. The lowest BCUT2D eigenvalue weighted by Crippen LogP contribution is -2.15.